The minimum atomic E-state index is -0.464. The Hall–Kier alpha value is -1.46. The molecule has 0 aromatic carbocycles. The maximum atomic E-state index is 11.7. The van der Waals surface area contributed by atoms with Crippen LogP contribution in [0.2, 0.25) is 0 Å². The summed E-state index contributed by atoms with van der Waals surface area (Å²) < 4.78 is 5.25. The van der Waals surface area contributed by atoms with Crippen LogP contribution in [0.3, 0.4) is 0 Å². The fourth-order valence-electron chi connectivity index (χ4n) is 1.66. The quantitative estimate of drug-likeness (QED) is 0.774. The zero-order valence-electron chi connectivity index (χ0n) is 11.8. The Labute approximate surface area is 114 Å². The van der Waals surface area contributed by atoms with Crippen LogP contribution in [0.15, 0.2) is 18.3 Å². The van der Waals surface area contributed by atoms with Crippen molar-refractivity contribution >= 4 is 5.97 Å². The number of pyridine rings is 1. The maximum absolute atomic E-state index is 11.7. The highest BCUT2D eigenvalue weighted by molar-refractivity contribution is 5.72. The summed E-state index contributed by atoms with van der Waals surface area (Å²) in [6, 6.07) is 3.73. The molecule has 0 radical (unpaired) electrons. The molecule has 19 heavy (non-hydrogen) atoms. The van der Waals surface area contributed by atoms with Crippen molar-refractivity contribution in [1.29, 1.82) is 0 Å². The Kier molecular flexibility index (Phi) is 5.44. The Morgan fingerprint density at radius 2 is 1.95 bits per heavy atom. The first kappa shape index (κ1) is 15.6. The van der Waals surface area contributed by atoms with Crippen molar-refractivity contribution in [3.8, 4) is 0 Å². The van der Waals surface area contributed by atoms with E-state index in [4.69, 9.17) is 16.2 Å². The van der Waals surface area contributed by atoms with Crippen LogP contribution in [0.5, 0.6) is 0 Å². The van der Waals surface area contributed by atoms with Gasteiger partial charge in [-0.25, -0.2) is 0 Å². The Bertz CT molecular complexity index is 406. The fraction of sp³-hybridized carbons (Fsp3) is 0.571. The van der Waals surface area contributed by atoms with Crippen LogP contribution in [0.25, 0.3) is 0 Å². The second kappa shape index (κ2) is 6.63. The van der Waals surface area contributed by atoms with E-state index in [-0.39, 0.29) is 18.3 Å². The Morgan fingerprint density at radius 1 is 1.32 bits per heavy atom. The van der Waals surface area contributed by atoms with Gasteiger partial charge in [0.1, 0.15) is 5.60 Å². The average molecular weight is 265 g/mol. The Balaban J connectivity index is 2.64. The van der Waals surface area contributed by atoms with Gasteiger partial charge in [0.05, 0.1) is 6.42 Å². The number of carbonyl (C=O) groups excluding carboxylic acids is 1. The minimum Gasteiger partial charge on any atom is -0.460 e. The standard InChI is InChI=1S/C14H23N3O2/c1-14(2,3)19-13(18)6-10-4-5-12(17-9-10)11(7-15)8-16/h4-5,9,11H,6-8,15-16H2,1-3H3. The van der Waals surface area contributed by atoms with Gasteiger partial charge in [0.15, 0.2) is 0 Å². The normalized spacial score (nSPS) is 11.7. The van der Waals surface area contributed by atoms with E-state index < -0.39 is 5.60 Å². The topological polar surface area (TPSA) is 91.2 Å². The van der Waals surface area contributed by atoms with Gasteiger partial charge in [-0.15, -0.1) is 0 Å². The van der Waals surface area contributed by atoms with E-state index in [2.05, 4.69) is 4.98 Å². The SMILES string of the molecule is CC(C)(C)OC(=O)Cc1ccc(C(CN)CN)nc1. The summed E-state index contributed by atoms with van der Waals surface area (Å²) in [6.07, 6.45) is 1.90. The van der Waals surface area contributed by atoms with E-state index >= 15 is 0 Å². The third-order valence-electron chi connectivity index (χ3n) is 2.60. The van der Waals surface area contributed by atoms with E-state index in [1.165, 1.54) is 0 Å². The zero-order chi connectivity index (χ0) is 14.5. The van der Waals surface area contributed by atoms with Crippen molar-refractivity contribution in [3.63, 3.8) is 0 Å². The highest BCUT2D eigenvalue weighted by Gasteiger charge is 2.17. The van der Waals surface area contributed by atoms with Crippen LogP contribution in [-0.4, -0.2) is 29.6 Å². The molecule has 0 saturated carbocycles. The highest BCUT2D eigenvalue weighted by atomic mass is 16.6. The highest BCUT2D eigenvalue weighted by Crippen LogP contribution is 2.13. The number of hydrogen-bond donors (Lipinski definition) is 2. The van der Waals surface area contributed by atoms with E-state index in [0.717, 1.165) is 11.3 Å². The summed E-state index contributed by atoms with van der Waals surface area (Å²) in [5.41, 5.74) is 12.4. The summed E-state index contributed by atoms with van der Waals surface area (Å²) in [5, 5.41) is 0. The van der Waals surface area contributed by atoms with E-state index in [1.807, 2.05) is 32.9 Å². The van der Waals surface area contributed by atoms with Crippen LogP contribution in [0, 0.1) is 0 Å². The molecule has 0 aliphatic heterocycles. The number of nitrogens with zero attached hydrogens (tertiary/aromatic N) is 1. The molecule has 0 saturated heterocycles. The van der Waals surface area contributed by atoms with Crippen LogP contribution in [-0.2, 0) is 16.0 Å². The second-order valence-corrected chi connectivity index (χ2v) is 5.52. The molecule has 0 atom stereocenters. The largest absolute Gasteiger partial charge is 0.460 e. The van der Waals surface area contributed by atoms with Gasteiger partial charge in [-0.2, -0.15) is 0 Å². The summed E-state index contributed by atoms with van der Waals surface area (Å²) >= 11 is 0. The molecule has 0 aliphatic carbocycles. The molecule has 0 bridgehead atoms. The van der Waals surface area contributed by atoms with E-state index in [1.54, 1.807) is 6.20 Å². The number of rotatable bonds is 5. The summed E-state index contributed by atoms with van der Waals surface area (Å²) in [4.78, 5) is 16.0. The lowest BCUT2D eigenvalue weighted by Gasteiger charge is -2.19. The molecule has 1 aromatic heterocycles. The van der Waals surface area contributed by atoms with Crippen molar-refractivity contribution in [1.82, 2.24) is 4.98 Å². The van der Waals surface area contributed by atoms with Crippen molar-refractivity contribution in [3.05, 3.63) is 29.6 Å². The number of aromatic nitrogens is 1. The third-order valence-corrected chi connectivity index (χ3v) is 2.60. The monoisotopic (exact) mass is 265 g/mol. The smallest absolute Gasteiger partial charge is 0.310 e. The molecule has 106 valence electrons. The first-order chi connectivity index (χ1) is 8.85. The molecule has 5 heteroatoms. The lowest BCUT2D eigenvalue weighted by molar-refractivity contribution is -0.153. The number of ether oxygens (including phenoxy) is 1. The maximum Gasteiger partial charge on any atom is 0.310 e. The number of carbonyl (C=O) groups is 1. The van der Waals surface area contributed by atoms with Gasteiger partial charge < -0.3 is 16.2 Å². The molecule has 0 amide bonds. The van der Waals surface area contributed by atoms with Crippen molar-refractivity contribution in [2.45, 2.75) is 38.7 Å². The molecule has 0 spiro atoms. The predicted molar refractivity (Wildman–Crippen MR) is 74.6 cm³/mol. The predicted octanol–water partition coefficient (Wildman–Crippen LogP) is 0.967. The second-order valence-electron chi connectivity index (χ2n) is 5.52. The first-order valence-electron chi connectivity index (χ1n) is 6.42. The molecular weight excluding hydrogens is 242 g/mol. The third kappa shape index (κ3) is 5.36. The zero-order valence-corrected chi connectivity index (χ0v) is 11.8. The molecule has 5 nitrogen and oxygen atoms in total. The number of nitrogens with two attached hydrogens (primary N) is 2. The number of esters is 1. The van der Waals surface area contributed by atoms with E-state index in [9.17, 15) is 4.79 Å². The lowest BCUT2D eigenvalue weighted by Crippen LogP contribution is -2.25. The molecule has 0 unspecified atom stereocenters. The van der Waals surface area contributed by atoms with Crippen LogP contribution in [0.4, 0.5) is 0 Å². The molecule has 0 aliphatic rings. The molecule has 0 fully saturated rings. The van der Waals surface area contributed by atoms with Crippen molar-refractivity contribution in [2.24, 2.45) is 11.5 Å². The summed E-state index contributed by atoms with van der Waals surface area (Å²) in [7, 11) is 0. The lowest BCUT2D eigenvalue weighted by atomic mass is 10.0. The fourth-order valence-corrected chi connectivity index (χ4v) is 1.66. The van der Waals surface area contributed by atoms with Crippen LogP contribution >= 0.6 is 0 Å². The summed E-state index contributed by atoms with van der Waals surface area (Å²) in [5.74, 6) is -0.188. The van der Waals surface area contributed by atoms with Gasteiger partial charge in [0.25, 0.3) is 0 Å². The minimum absolute atomic E-state index is 0.0653. The van der Waals surface area contributed by atoms with Gasteiger partial charge in [-0.1, -0.05) is 6.07 Å². The average Bonchev–Trinajstić information content (AvgIpc) is 2.30. The van der Waals surface area contributed by atoms with Crippen molar-refractivity contribution < 1.29 is 9.53 Å². The van der Waals surface area contributed by atoms with Crippen LogP contribution in [0.1, 0.15) is 37.9 Å². The Morgan fingerprint density at radius 3 is 2.37 bits per heavy atom. The van der Waals surface area contributed by atoms with Gasteiger partial charge in [-0.05, 0) is 32.4 Å². The summed E-state index contributed by atoms with van der Waals surface area (Å²) in [6.45, 7) is 6.47. The first-order valence-corrected chi connectivity index (χ1v) is 6.42. The van der Waals surface area contributed by atoms with E-state index in [0.29, 0.717) is 13.1 Å². The molecule has 1 heterocycles. The van der Waals surface area contributed by atoms with Gasteiger partial charge >= 0.3 is 5.97 Å². The number of hydrogen-bond acceptors (Lipinski definition) is 5. The molecule has 4 N–H and O–H groups in total. The molecule has 1 rings (SSSR count). The van der Waals surface area contributed by atoms with Crippen LogP contribution < -0.4 is 11.5 Å². The van der Waals surface area contributed by atoms with Gasteiger partial charge in [0.2, 0.25) is 0 Å². The molecule has 1 aromatic rings. The molecular formula is C14H23N3O2. The van der Waals surface area contributed by atoms with Crippen molar-refractivity contribution in [2.75, 3.05) is 13.1 Å². The van der Waals surface area contributed by atoms with Gasteiger partial charge in [-0.3, -0.25) is 9.78 Å². The van der Waals surface area contributed by atoms with Gasteiger partial charge in [0, 0.05) is 30.9 Å².